The average Bonchev–Trinajstić information content (AvgIpc) is 3.21. The number of imide groups is 1. The lowest BCUT2D eigenvalue weighted by molar-refractivity contribution is -0.123. The summed E-state index contributed by atoms with van der Waals surface area (Å²) in [6.45, 7) is 0. The number of benzene rings is 3. The molecule has 0 aromatic heterocycles. The number of fused-ring (bicyclic) bond motifs is 4. The summed E-state index contributed by atoms with van der Waals surface area (Å²) in [5.41, 5.74) is 2.39. The molecule has 3 aromatic carbocycles. The zero-order valence-corrected chi connectivity index (χ0v) is 23.3. The molecule has 7 rings (SSSR count). The van der Waals surface area contributed by atoms with Crippen molar-refractivity contribution in [3.63, 3.8) is 0 Å². The number of anilines is 1. The van der Waals surface area contributed by atoms with Gasteiger partial charge in [0.2, 0.25) is 11.8 Å². The third-order valence-electron chi connectivity index (χ3n) is 8.66. The summed E-state index contributed by atoms with van der Waals surface area (Å²) in [5.74, 6) is -3.70. The molecule has 8 heteroatoms. The number of Topliss-reactive ketones (excluding diaryl/α,β-unsaturated/α-hetero) is 1. The summed E-state index contributed by atoms with van der Waals surface area (Å²) in [5, 5.41) is 13.4. The number of phenols is 1. The lowest BCUT2D eigenvalue weighted by Crippen LogP contribution is -2.39. The first-order chi connectivity index (χ1) is 19.3. The van der Waals surface area contributed by atoms with Crippen LogP contribution in [0.2, 0.25) is 5.02 Å². The first kappa shape index (κ1) is 25.2. The maximum atomic E-state index is 14.0. The number of rotatable bonds is 2. The molecule has 40 heavy (non-hydrogen) atoms. The Bertz CT molecular complexity index is 1790. The number of halogens is 2. The topological polar surface area (TPSA) is 91.8 Å². The van der Waals surface area contributed by atoms with E-state index in [4.69, 9.17) is 11.6 Å². The SMILES string of the molecule is O=C1C=C(Br)C(=O)C2=C1[C@@H](c1ccc3ccccc3c1O)C1=CC[C@@H]3C(=O)N(c4ccc(Cl)cc4)C(=O)[C@@H]3[C@@H]1C2. The van der Waals surface area contributed by atoms with Crippen molar-refractivity contribution in [2.45, 2.75) is 18.8 Å². The molecule has 6 nitrogen and oxygen atoms in total. The summed E-state index contributed by atoms with van der Waals surface area (Å²) in [4.78, 5) is 55.6. The molecule has 1 aliphatic heterocycles. The summed E-state index contributed by atoms with van der Waals surface area (Å²) < 4.78 is 0.161. The average molecular weight is 615 g/mol. The van der Waals surface area contributed by atoms with Gasteiger partial charge in [-0.1, -0.05) is 59.6 Å². The molecule has 0 radical (unpaired) electrons. The second-order valence-corrected chi connectivity index (χ2v) is 11.9. The van der Waals surface area contributed by atoms with Crippen LogP contribution in [0.15, 0.2) is 94.0 Å². The van der Waals surface area contributed by atoms with Crippen LogP contribution in [0.1, 0.15) is 24.3 Å². The van der Waals surface area contributed by atoms with Crippen molar-refractivity contribution in [3.8, 4) is 5.75 Å². The van der Waals surface area contributed by atoms with Crippen LogP contribution >= 0.6 is 27.5 Å². The molecule has 1 N–H and O–H groups in total. The number of allylic oxidation sites excluding steroid dienone is 6. The van der Waals surface area contributed by atoms with Crippen molar-refractivity contribution in [2.75, 3.05) is 4.90 Å². The number of aromatic hydroxyl groups is 1. The molecule has 0 unspecified atom stereocenters. The number of hydrogen-bond acceptors (Lipinski definition) is 5. The first-order valence-electron chi connectivity index (χ1n) is 13.0. The van der Waals surface area contributed by atoms with Crippen LogP contribution < -0.4 is 4.90 Å². The predicted molar refractivity (Wildman–Crippen MR) is 154 cm³/mol. The van der Waals surface area contributed by atoms with E-state index in [-0.39, 0.29) is 40.0 Å². The van der Waals surface area contributed by atoms with Gasteiger partial charge in [0.15, 0.2) is 11.6 Å². The van der Waals surface area contributed by atoms with E-state index in [2.05, 4.69) is 15.9 Å². The van der Waals surface area contributed by atoms with E-state index in [0.717, 1.165) is 11.0 Å². The molecule has 1 saturated heterocycles. The number of carbonyl (C=O) groups is 4. The number of nitrogens with zero attached hydrogens (tertiary/aromatic N) is 1. The van der Waals surface area contributed by atoms with E-state index in [9.17, 15) is 24.3 Å². The molecule has 4 atom stereocenters. The van der Waals surface area contributed by atoms with Crippen LogP contribution in [0.3, 0.4) is 0 Å². The van der Waals surface area contributed by atoms with Gasteiger partial charge >= 0.3 is 0 Å². The Morgan fingerprint density at radius 1 is 0.900 bits per heavy atom. The Balaban J connectivity index is 1.40. The lowest BCUT2D eigenvalue weighted by Gasteiger charge is -2.42. The van der Waals surface area contributed by atoms with Crippen molar-refractivity contribution in [3.05, 3.63) is 105 Å². The fourth-order valence-electron chi connectivity index (χ4n) is 6.91. The standard InChI is InChI=1S/C32H21BrClNO5/c33-24-14-25(36)28-23(30(24)38)13-22-19(26(28)20-10-5-15-3-1-2-4-18(15)29(20)37)11-12-21-27(22)32(40)35(31(21)39)17-8-6-16(34)7-9-17/h1-11,14,21-22,26-27,37H,12-13H2/t21-,22+,26+,27-/m0/s1. The van der Waals surface area contributed by atoms with Gasteiger partial charge in [-0.15, -0.1) is 0 Å². The molecule has 1 fully saturated rings. The Hall–Kier alpha value is -3.81. The molecule has 2 amide bonds. The van der Waals surface area contributed by atoms with Crippen LogP contribution in [0, 0.1) is 17.8 Å². The van der Waals surface area contributed by atoms with Gasteiger partial charge in [-0.2, -0.15) is 0 Å². The van der Waals surface area contributed by atoms with Gasteiger partial charge < -0.3 is 5.11 Å². The Morgan fingerprint density at radius 3 is 2.42 bits per heavy atom. The maximum Gasteiger partial charge on any atom is 0.238 e. The highest BCUT2D eigenvalue weighted by molar-refractivity contribution is 9.12. The molecule has 0 spiro atoms. The number of amides is 2. The minimum Gasteiger partial charge on any atom is -0.507 e. The quantitative estimate of drug-likeness (QED) is 0.212. The van der Waals surface area contributed by atoms with E-state index >= 15 is 0 Å². The molecular formula is C32H21BrClNO5. The van der Waals surface area contributed by atoms with E-state index in [1.165, 1.54) is 11.0 Å². The van der Waals surface area contributed by atoms with Crippen molar-refractivity contribution in [1.29, 1.82) is 0 Å². The van der Waals surface area contributed by atoms with Gasteiger partial charge in [0, 0.05) is 39.1 Å². The molecule has 3 aromatic rings. The molecule has 4 aliphatic rings. The lowest BCUT2D eigenvalue weighted by atomic mass is 9.59. The zero-order valence-electron chi connectivity index (χ0n) is 20.9. The minimum atomic E-state index is -0.722. The largest absolute Gasteiger partial charge is 0.507 e. The summed E-state index contributed by atoms with van der Waals surface area (Å²) in [7, 11) is 0. The highest BCUT2D eigenvalue weighted by Gasteiger charge is 2.56. The third-order valence-corrected chi connectivity index (χ3v) is 9.50. The van der Waals surface area contributed by atoms with E-state index < -0.39 is 23.7 Å². The Labute approximate surface area is 242 Å². The van der Waals surface area contributed by atoms with E-state index in [1.54, 1.807) is 30.3 Å². The van der Waals surface area contributed by atoms with Gasteiger partial charge in [-0.05, 0) is 64.3 Å². The molecule has 1 heterocycles. The van der Waals surface area contributed by atoms with Crippen molar-refractivity contribution < 1.29 is 24.3 Å². The van der Waals surface area contributed by atoms with Crippen molar-refractivity contribution in [1.82, 2.24) is 0 Å². The molecule has 3 aliphatic carbocycles. The fourth-order valence-corrected chi connectivity index (χ4v) is 7.48. The first-order valence-corrected chi connectivity index (χ1v) is 14.2. The van der Waals surface area contributed by atoms with E-state index in [0.29, 0.717) is 39.2 Å². The van der Waals surface area contributed by atoms with Gasteiger partial charge in [-0.25, -0.2) is 0 Å². The molecular weight excluding hydrogens is 594 g/mol. The van der Waals surface area contributed by atoms with E-state index in [1.807, 2.05) is 36.4 Å². The number of ketones is 2. The highest BCUT2D eigenvalue weighted by Crippen LogP contribution is 2.57. The fraction of sp³-hybridized carbons (Fsp3) is 0.188. The third kappa shape index (κ3) is 3.54. The summed E-state index contributed by atoms with van der Waals surface area (Å²) >= 11 is 9.28. The summed E-state index contributed by atoms with van der Waals surface area (Å²) in [6.07, 6.45) is 3.70. The van der Waals surface area contributed by atoms with Crippen molar-refractivity contribution in [2.24, 2.45) is 17.8 Å². The Morgan fingerprint density at radius 2 is 1.65 bits per heavy atom. The van der Waals surface area contributed by atoms with Crippen LogP contribution in [-0.4, -0.2) is 28.5 Å². The van der Waals surface area contributed by atoms with Crippen LogP contribution in [0.4, 0.5) is 5.69 Å². The smallest absolute Gasteiger partial charge is 0.238 e. The van der Waals surface area contributed by atoms with Crippen LogP contribution in [0.25, 0.3) is 10.8 Å². The predicted octanol–water partition coefficient (Wildman–Crippen LogP) is 6.17. The second-order valence-electron chi connectivity index (χ2n) is 10.6. The van der Waals surface area contributed by atoms with Crippen molar-refractivity contribution >= 4 is 67.4 Å². The monoisotopic (exact) mass is 613 g/mol. The zero-order chi connectivity index (χ0) is 27.9. The number of hydrogen-bond donors (Lipinski definition) is 1. The summed E-state index contributed by atoms with van der Waals surface area (Å²) in [6, 6.07) is 17.6. The molecule has 0 bridgehead atoms. The number of carbonyl (C=O) groups excluding carboxylic acids is 4. The van der Waals surface area contributed by atoms with Gasteiger partial charge in [0.25, 0.3) is 0 Å². The van der Waals surface area contributed by atoms with Gasteiger partial charge in [0.05, 0.1) is 22.0 Å². The van der Waals surface area contributed by atoms with Gasteiger partial charge in [-0.3, -0.25) is 24.1 Å². The molecule has 0 saturated carbocycles. The van der Waals surface area contributed by atoms with Crippen LogP contribution in [-0.2, 0) is 19.2 Å². The second kappa shape index (κ2) is 9.11. The Kier molecular flexibility index (Phi) is 5.74. The molecule has 198 valence electrons. The van der Waals surface area contributed by atoms with Gasteiger partial charge in [0.1, 0.15) is 5.75 Å². The highest BCUT2D eigenvalue weighted by atomic mass is 79.9. The maximum absolute atomic E-state index is 14.0. The minimum absolute atomic E-state index is 0.0316. The number of phenolic OH excluding ortho intramolecular Hbond substituents is 1. The normalized spacial score (nSPS) is 26.0. The van der Waals surface area contributed by atoms with Crippen LogP contribution in [0.5, 0.6) is 5.75 Å².